The standard InChI is InChI=1S/C21H19ClN4O2S/c1-4-17(27)26-16-9-8-12(2)10-15(16)18-19(23-21(29-3)25-24-18)28-20(26)13-6-5-7-14(22)11-13/h5-11,20H,4H2,1-3H3/t20-/m1/s1. The van der Waals surface area contributed by atoms with Crippen LogP contribution in [-0.2, 0) is 4.79 Å². The highest BCUT2D eigenvalue weighted by Gasteiger charge is 2.35. The van der Waals surface area contributed by atoms with E-state index in [1.54, 1.807) is 17.0 Å². The van der Waals surface area contributed by atoms with Crippen molar-refractivity contribution in [2.75, 3.05) is 11.2 Å². The second-order valence-electron chi connectivity index (χ2n) is 6.62. The predicted molar refractivity (Wildman–Crippen MR) is 114 cm³/mol. The smallest absolute Gasteiger partial charge is 0.247 e. The Morgan fingerprint density at radius 1 is 1.24 bits per heavy atom. The van der Waals surface area contributed by atoms with Gasteiger partial charge >= 0.3 is 0 Å². The van der Waals surface area contributed by atoms with Gasteiger partial charge in [0.05, 0.1) is 5.69 Å². The van der Waals surface area contributed by atoms with E-state index in [9.17, 15) is 4.79 Å². The summed E-state index contributed by atoms with van der Waals surface area (Å²) >= 11 is 7.61. The number of carbonyl (C=O) groups is 1. The molecule has 148 valence electrons. The third-order valence-corrected chi connectivity index (χ3v) is 5.42. The molecule has 1 aliphatic rings. The highest BCUT2D eigenvalue weighted by molar-refractivity contribution is 7.98. The van der Waals surface area contributed by atoms with Crippen LogP contribution in [0.5, 0.6) is 5.88 Å². The first kappa shape index (κ1) is 19.7. The number of ether oxygens (including phenoxy) is 1. The summed E-state index contributed by atoms with van der Waals surface area (Å²) in [5.74, 6) is 0.263. The van der Waals surface area contributed by atoms with Crippen molar-refractivity contribution in [3.05, 3.63) is 58.6 Å². The van der Waals surface area contributed by atoms with Gasteiger partial charge in [-0.15, -0.1) is 10.2 Å². The number of rotatable bonds is 3. The molecule has 6 nitrogen and oxygen atoms in total. The minimum atomic E-state index is -0.727. The normalized spacial score (nSPS) is 15.2. The number of benzene rings is 2. The molecule has 1 aliphatic heterocycles. The van der Waals surface area contributed by atoms with Crippen molar-refractivity contribution < 1.29 is 9.53 Å². The number of carbonyl (C=O) groups excluding carboxylic acids is 1. The predicted octanol–water partition coefficient (Wildman–Crippen LogP) is 5.06. The Labute approximate surface area is 178 Å². The first-order chi connectivity index (χ1) is 14.0. The molecular formula is C21H19ClN4O2S. The molecule has 0 saturated carbocycles. The fourth-order valence-corrected chi connectivity index (χ4v) is 3.78. The van der Waals surface area contributed by atoms with Gasteiger partial charge in [0.25, 0.3) is 0 Å². The van der Waals surface area contributed by atoms with Crippen LogP contribution in [0.2, 0.25) is 5.02 Å². The molecule has 0 radical (unpaired) electrons. The first-order valence-electron chi connectivity index (χ1n) is 9.15. The van der Waals surface area contributed by atoms with Gasteiger partial charge in [-0.3, -0.25) is 9.69 Å². The molecule has 2 heterocycles. The number of amides is 1. The number of nitrogens with zero attached hydrogens (tertiary/aromatic N) is 4. The minimum Gasteiger partial charge on any atom is -0.447 e. The van der Waals surface area contributed by atoms with Crippen molar-refractivity contribution in [3.8, 4) is 17.1 Å². The molecular weight excluding hydrogens is 408 g/mol. The lowest BCUT2D eigenvalue weighted by molar-refractivity contribution is -0.120. The third-order valence-electron chi connectivity index (χ3n) is 4.65. The zero-order valence-corrected chi connectivity index (χ0v) is 17.8. The Bertz CT molecular complexity index is 1090. The molecule has 0 saturated heterocycles. The number of anilines is 1. The second-order valence-corrected chi connectivity index (χ2v) is 7.83. The maximum absolute atomic E-state index is 13.1. The van der Waals surface area contributed by atoms with Gasteiger partial charge in [-0.2, -0.15) is 4.98 Å². The van der Waals surface area contributed by atoms with Gasteiger partial charge in [0.15, 0.2) is 5.69 Å². The summed E-state index contributed by atoms with van der Waals surface area (Å²) in [6, 6.07) is 13.2. The minimum absolute atomic E-state index is 0.0778. The van der Waals surface area contributed by atoms with Crippen LogP contribution < -0.4 is 9.64 Å². The molecule has 0 aliphatic carbocycles. The molecule has 0 spiro atoms. The van der Waals surface area contributed by atoms with Gasteiger partial charge in [0.1, 0.15) is 0 Å². The van der Waals surface area contributed by atoms with Crippen molar-refractivity contribution in [3.63, 3.8) is 0 Å². The maximum Gasteiger partial charge on any atom is 0.247 e. The van der Waals surface area contributed by atoms with E-state index in [0.29, 0.717) is 33.9 Å². The summed E-state index contributed by atoms with van der Waals surface area (Å²) in [6.45, 7) is 3.82. The quantitative estimate of drug-likeness (QED) is 0.545. The molecule has 0 N–H and O–H groups in total. The van der Waals surface area contributed by atoms with Gasteiger partial charge in [0.2, 0.25) is 23.2 Å². The van der Waals surface area contributed by atoms with Crippen molar-refractivity contribution >= 4 is 35.0 Å². The lowest BCUT2D eigenvalue weighted by Crippen LogP contribution is -2.37. The Morgan fingerprint density at radius 2 is 2.07 bits per heavy atom. The fourth-order valence-electron chi connectivity index (χ4n) is 3.28. The number of thioether (sulfide) groups is 1. The Balaban J connectivity index is 2.00. The van der Waals surface area contributed by atoms with Crippen LogP contribution in [0, 0.1) is 6.92 Å². The molecule has 0 fully saturated rings. The van der Waals surface area contributed by atoms with Crippen molar-refractivity contribution in [2.24, 2.45) is 0 Å². The number of aryl methyl sites for hydroxylation is 1. The lowest BCUT2D eigenvalue weighted by Gasteiger charge is -2.30. The van der Waals surface area contributed by atoms with Crippen molar-refractivity contribution in [1.82, 2.24) is 15.2 Å². The highest BCUT2D eigenvalue weighted by atomic mass is 35.5. The SMILES string of the molecule is CCC(=O)N1c2ccc(C)cc2-c2nnc(SC)nc2O[C@@H]1c1cccc(Cl)c1. The largest absolute Gasteiger partial charge is 0.447 e. The Hall–Kier alpha value is -2.64. The topological polar surface area (TPSA) is 68.2 Å². The van der Waals surface area contributed by atoms with Gasteiger partial charge in [-0.05, 0) is 37.4 Å². The molecule has 1 atom stereocenters. The molecule has 4 rings (SSSR count). The fraction of sp³-hybridized carbons (Fsp3) is 0.238. The van der Waals surface area contributed by atoms with Gasteiger partial charge in [-0.25, -0.2) is 0 Å². The Morgan fingerprint density at radius 3 is 2.79 bits per heavy atom. The van der Waals surface area contributed by atoms with Crippen LogP contribution >= 0.6 is 23.4 Å². The molecule has 8 heteroatoms. The van der Waals surface area contributed by atoms with Crippen LogP contribution in [0.1, 0.15) is 30.7 Å². The average molecular weight is 427 g/mol. The van der Waals surface area contributed by atoms with E-state index in [-0.39, 0.29) is 5.91 Å². The van der Waals surface area contributed by atoms with Crippen LogP contribution in [0.3, 0.4) is 0 Å². The summed E-state index contributed by atoms with van der Waals surface area (Å²) in [6.07, 6.45) is 1.47. The van der Waals surface area contributed by atoms with Gasteiger partial charge in [-0.1, -0.05) is 54.0 Å². The van der Waals surface area contributed by atoms with E-state index < -0.39 is 6.23 Å². The number of aromatic nitrogens is 3. The van der Waals surface area contributed by atoms with E-state index in [4.69, 9.17) is 16.3 Å². The highest BCUT2D eigenvalue weighted by Crippen LogP contribution is 2.44. The second kappa shape index (κ2) is 8.00. The summed E-state index contributed by atoms with van der Waals surface area (Å²) in [7, 11) is 0. The summed E-state index contributed by atoms with van der Waals surface area (Å²) < 4.78 is 6.32. The Kier molecular flexibility index (Phi) is 5.43. The van der Waals surface area contributed by atoms with Crippen LogP contribution in [0.25, 0.3) is 11.3 Å². The molecule has 2 aromatic carbocycles. The van der Waals surface area contributed by atoms with E-state index >= 15 is 0 Å². The van der Waals surface area contributed by atoms with Gasteiger partial charge < -0.3 is 4.74 Å². The number of hydrogen-bond donors (Lipinski definition) is 0. The average Bonchev–Trinajstić information content (AvgIpc) is 2.87. The van der Waals surface area contributed by atoms with Gasteiger partial charge in [0, 0.05) is 22.6 Å². The van der Waals surface area contributed by atoms with Crippen LogP contribution in [-0.4, -0.2) is 27.3 Å². The number of fused-ring (bicyclic) bond motifs is 3. The number of halogens is 1. The van der Waals surface area contributed by atoms with E-state index in [0.717, 1.165) is 16.7 Å². The zero-order valence-electron chi connectivity index (χ0n) is 16.2. The molecule has 0 unspecified atom stereocenters. The molecule has 29 heavy (non-hydrogen) atoms. The molecule has 1 aromatic heterocycles. The van der Waals surface area contributed by atoms with Crippen LogP contribution in [0.4, 0.5) is 5.69 Å². The first-order valence-corrected chi connectivity index (χ1v) is 10.8. The van der Waals surface area contributed by atoms with Crippen LogP contribution in [0.15, 0.2) is 47.6 Å². The summed E-state index contributed by atoms with van der Waals surface area (Å²) in [5.41, 5.74) is 3.77. The molecule has 3 aromatic rings. The van der Waals surface area contributed by atoms with Crippen molar-refractivity contribution in [2.45, 2.75) is 31.7 Å². The molecule has 0 bridgehead atoms. The lowest BCUT2D eigenvalue weighted by atomic mass is 10.0. The summed E-state index contributed by atoms with van der Waals surface area (Å²) in [4.78, 5) is 19.3. The third kappa shape index (κ3) is 3.68. The molecule has 1 amide bonds. The number of hydrogen-bond acceptors (Lipinski definition) is 6. The van der Waals surface area contributed by atoms with Crippen molar-refractivity contribution in [1.29, 1.82) is 0 Å². The van der Waals surface area contributed by atoms with E-state index in [2.05, 4.69) is 15.2 Å². The summed E-state index contributed by atoms with van der Waals surface area (Å²) in [5, 5.41) is 9.62. The van der Waals surface area contributed by atoms with E-state index in [1.165, 1.54) is 11.8 Å². The zero-order chi connectivity index (χ0) is 20.5. The van der Waals surface area contributed by atoms with E-state index in [1.807, 2.05) is 50.4 Å². The maximum atomic E-state index is 13.1. The monoisotopic (exact) mass is 426 g/mol.